The number of anilines is 1. The van der Waals surface area contributed by atoms with E-state index in [9.17, 15) is 0 Å². The van der Waals surface area contributed by atoms with Gasteiger partial charge < -0.3 is 5.43 Å². The number of hydrogen-bond acceptors (Lipinski definition) is 4. The molecule has 18 heavy (non-hydrogen) atoms. The van der Waals surface area contributed by atoms with Crippen LogP contribution in [-0.4, -0.2) is 9.97 Å². The molecule has 3 N–H and O–H groups in total. The van der Waals surface area contributed by atoms with Gasteiger partial charge in [0, 0.05) is 21.8 Å². The number of hydrazine groups is 1. The van der Waals surface area contributed by atoms with Crippen LogP contribution in [0.5, 0.6) is 0 Å². The Morgan fingerprint density at radius 1 is 1.33 bits per heavy atom. The minimum Gasteiger partial charge on any atom is -0.308 e. The number of aryl methyl sites for hydroxylation is 1. The number of halogens is 2. The molecular formula is C12H12BrClN4. The summed E-state index contributed by atoms with van der Waals surface area (Å²) in [5.41, 5.74) is 4.37. The van der Waals surface area contributed by atoms with E-state index in [0.29, 0.717) is 16.7 Å². The first-order chi connectivity index (χ1) is 8.63. The SMILES string of the molecule is CCc1cc(NN)nc(-c2ccc(Cl)c(Br)c2)n1. The van der Waals surface area contributed by atoms with E-state index in [1.807, 2.05) is 25.1 Å². The number of hydrogen-bond donors (Lipinski definition) is 2. The molecule has 0 fully saturated rings. The number of nitrogen functional groups attached to an aromatic ring is 1. The maximum Gasteiger partial charge on any atom is 0.161 e. The van der Waals surface area contributed by atoms with Crippen molar-refractivity contribution in [1.29, 1.82) is 0 Å². The van der Waals surface area contributed by atoms with E-state index in [2.05, 4.69) is 31.3 Å². The highest BCUT2D eigenvalue weighted by atomic mass is 79.9. The third-order valence-corrected chi connectivity index (χ3v) is 3.68. The van der Waals surface area contributed by atoms with Crippen LogP contribution in [0.15, 0.2) is 28.7 Å². The number of benzene rings is 1. The fourth-order valence-corrected chi connectivity index (χ4v) is 2.01. The van der Waals surface area contributed by atoms with Crippen molar-refractivity contribution in [2.45, 2.75) is 13.3 Å². The number of nitrogens with two attached hydrogens (primary N) is 1. The maximum atomic E-state index is 5.97. The van der Waals surface area contributed by atoms with Gasteiger partial charge >= 0.3 is 0 Å². The molecule has 2 rings (SSSR count). The van der Waals surface area contributed by atoms with Gasteiger partial charge in [0.25, 0.3) is 0 Å². The first-order valence-corrected chi connectivity index (χ1v) is 6.61. The molecule has 0 saturated carbocycles. The molecule has 0 spiro atoms. The number of nitrogens with zero attached hydrogens (tertiary/aromatic N) is 2. The fourth-order valence-electron chi connectivity index (χ4n) is 1.52. The molecular weight excluding hydrogens is 316 g/mol. The molecule has 0 radical (unpaired) electrons. The van der Waals surface area contributed by atoms with Gasteiger partial charge in [0.1, 0.15) is 5.82 Å². The van der Waals surface area contributed by atoms with E-state index < -0.39 is 0 Å². The second kappa shape index (κ2) is 5.65. The molecule has 0 atom stereocenters. The predicted molar refractivity (Wildman–Crippen MR) is 77.4 cm³/mol. The minimum atomic E-state index is 0.600. The lowest BCUT2D eigenvalue weighted by Gasteiger charge is -2.07. The summed E-state index contributed by atoms with van der Waals surface area (Å²) in [5.74, 6) is 6.63. The van der Waals surface area contributed by atoms with E-state index in [1.54, 1.807) is 6.07 Å². The van der Waals surface area contributed by atoms with E-state index in [1.165, 1.54) is 0 Å². The summed E-state index contributed by atoms with van der Waals surface area (Å²) in [6.07, 6.45) is 0.818. The van der Waals surface area contributed by atoms with Gasteiger partial charge in [0.2, 0.25) is 0 Å². The lowest BCUT2D eigenvalue weighted by Crippen LogP contribution is -2.10. The number of nitrogens with one attached hydrogen (secondary N) is 1. The van der Waals surface area contributed by atoms with Crippen molar-refractivity contribution in [2.75, 3.05) is 5.43 Å². The molecule has 6 heteroatoms. The van der Waals surface area contributed by atoms with Crippen LogP contribution in [0.4, 0.5) is 5.82 Å². The Morgan fingerprint density at radius 2 is 2.11 bits per heavy atom. The van der Waals surface area contributed by atoms with Gasteiger partial charge in [0.15, 0.2) is 5.82 Å². The Morgan fingerprint density at radius 3 is 2.72 bits per heavy atom. The van der Waals surface area contributed by atoms with Crippen molar-refractivity contribution in [3.05, 3.63) is 39.5 Å². The zero-order chi connectivity index (χ0) is 13.1. The van der Waals surface area contributed by atoms with Crippen LogP contribution >= 0.6 is 27.5 Å². The Balaban J connectivity index is 2.51. The molecule has 1 aromatic carbocycles. The lowest BCUT2D eigenvalue weighted by atomic mass is 10.2. The largest absolute Gasteiger partial charge is 0.308 e. The van der Waals surface area contributed by atoms with E-state index >= 15 is 0 Å². The van der Waals surface area contributed by atoms with E-state index in [0.717, 1.165) is 22.2 Å². The van der Waals surface area contributed by atoms with Gasteiger partial charge in [-0.15, -0.1) is 0 Å². The van der Waals surface area contributed by atoms with Crippen molar-refractivity contribution in [2.24, 2.45) is 5.84 Å². The zero-order valence-electron chi connectivity index (χ0n) is 9.74. The molecule has 0 saturated heterocycles. The Kier molecular flexibility index (Phi) is 4.16. The quantitative estimate of drug-likeness (QED) is 0.670. The first kappa shape index (κ1) is 13.3. The topological polar surface area (TPSA) is 63.8 Å². The Hall–Kier alpha value is -1.17. The van der Waals surface area contributed by atoms with Crippen molar-refractivity contribution in [1.82, 2.24) is 9.97 Å². The monoisotopic (exact) mass is 326 g/mol. The summed E-state index contributed by atoms with van der Waals surface area (Å²) in [7, 11) is 0. The molecule has 2 aromatic rings. The lowest BCUT2D eigenvalue weighted by molar-refractivity contribution is 1.00. The molecule has 4 nitrogen and oxygen atoms in total. The van der Waals surface area contributed by atoms with Gasteiger partial charge in [-0.3, -0.25) is 0 Å². The zero-order valence-corrected chi connectivity index (χ0v) is 12.1. The van der Waals surface area contributed by atoms with Crippen LogP contribution in [0.2, 0.25) is 5.02 Å². The average molecular weight is 328 g/mol. The van der Waals surface area contributed by atoms with Gasteiger partial charge in [0.05, 0.1) is 5.02 Å². The molecule has 0 aliphatic carbocycles. The summed E-state index contributed by atoms with van der Waals surface area (Å²) >= 11 is 9.35. The molecule has 1 heterocycles. The van der Waals surface area contributed by atoms with Gasteiger partial charge in [-0.05, 0) is 40.5 Å². The Labute approximate surface area is 119 Å². The number of aromatic nitrogens is 2. The summed E-state index contributed by atoms with van der Waals surface area (Å²) in [6, 6.07) is 7.40. The summed E-state index contributed by atoms with van der Waals surface area (Å²) in [6.45, 7) is 2.03. The smallest absolute Gasteiger partial charge is 0.161 e. The second-order valence-electron chi connectivity index (χ2n) is 3.69. The maximum absolute atomic E-state index is 5.97. The standard InChI is InChI=1S/C12H12BrClN4/c1-2-8-6-11(18-15)17-12(16-8)7-3-4-10(14)9(13)5-7/h3-6H,2,15H2,1H3,(H,16,17,18). The van der Waals surface area contributed by atoms with E-state index in [-0.39, 0.29) is 0 Å². The van der Waals surface area contributed by atoms with Crippen LogP contribution in [0.1, 0.15) is 12.6 Å². The highest BCUT2D eigenvalue weighted by Crippen LogP contribution is 2.27. The molecule has 94 valence electrons. The second-order valence-corrected chi connectivity index (χ2v) is 4.96. The molecule has 0 unspecified atom stereocenters. The summed E-state index contributed by atoms with van der Waals surface area (Å²) in [5, 5.41) is 0.655. The van der Waals surface area contributed by atoms with Crippen LogP contribution in [0, 0.1) is 0 Å². The normalized spacial score (nSPS) is 10.4. The third kappa shape index (κ3) is 2.80. The number of rotatable bonds is 3. The molecule has 0 aliphatic rings. The third-order valence-electron chi connectivity index (χ3n) is 2.47. The van der Waals surface area contributed by atoms with Crippen LogP contribution in [-0.2, 0) is 6.42 Å². The Bertz CT molecular complexity index is 552. The molecule has 0 amide bonds. The minimum absolute atomic E-state index is 0.600. The average Bonchev–Trinajstić information content (AvgIpc) is 2.41. The van der Waals surface area contributed by atoms with Crippen molar-refractivity contribution >= 4 is 33.3 Å². The van der Waals surface area contributed by atoms with E-state index in [4.69, 9.17) is 17.4 Å². The summed E-state index contributed by atoms with van der Waals surface area (Å²) in [4.78, 5) is 8.80. The van der Waals surface area contributed by atoms with Crippen LogP contribution in [0.25, 0.3) is 11.4 Å². The van der Waals surface area contributed by atoms with Crippen molar-refractivity contribution in [3.63, 3.8) is 0 Å². The summed E-state index contributed by atoms with van der Waals surface area (Å²) < 4.78 is 0.814. The molecule has 0 bridgehead atoms. The van der Waals surface area contributed by atoms with Gasteiger partial charge in [-0.25, -0.2) is 15.8 Å². The molecule has 1 aromatic heterocycles. The van der Waals surface area contributed by atoms with Crippen LogP contribution in [0.3, 0.4) is 0 Å². The van der Waals surface area contributed by atoms with Gasteiger partial charge in [-0.1, -0.05) is 18.5 Å². The van der Waals surface area contributed by atoms with Crippen molar-refractivity contribution in [3.8, 4) is 11.4 Å². The predicted octanol–water partition coefficient (Wildman–Crippen LogP) is 3.41. The van der Waals surface area contributed by atoms with Gasteiger partial charge in [-0.2, -0.15) is 0 Å². The first-order valence-electron chi connectivity index (χ1n) is 5.44. The van der Waals surface area contributed by atoms with Crippen LogP contribution < -0.4 is 11.3 Å². The highest BCUT2D eigenvalue weighted by molar-refractivity contribution is 9.10. The fraction of sp³-hybridized carbons (Fsp3) is 0.167. The highest BCUT2D eigenvalue weighted by Gasteiger charge is 2.07. The van der Waals surface area contributed by atoms with Crippen molar-refractivity contribution < 1.29 is 0 Å². The molecule has 0 aliphatic heterocycles.